The molecule has 3 rings (SSSR count). The first-order valence-corrected chi connectivity index (χ1v) is 7.05. The molecular formula is C13H10FN3OS2. The molecule has 0 saturated carbocycles. The maximum Gasteiger partial charge on any atom is 0.193 e. The van der Waals surface area contributed by atoms with Crippen molar-refractivity contribution in [2.24, 2.45) is 5.73 Å². The van der Waals surface area contributed by atoms with Gasteiger partial charge in [0.15, 0.2) is 4.96 Å². The molecule has 20 heavy (non-hydrogen) atoms. The zero-order valence-electron chi connectivity index (χ0n) is 10.2. The molecule has 1 aromatic carbocycles. The van der Waals surface area contributed by atoms with Gasteiger partial charge in [-0.1, -0.05) is 12.2 Å². The van der Waals surface area contributed by atoms with Gasteiger partial charge in [-0.05, 0) is 12.1 Å². The highest BCUT2D eigenvalue weighted by atomic mass is 32.1. The number of imidazole rings is 1. The molecule has 7 heteroatoms. The number of rotatable bonds is 4. The van der Waals surface area contributed by atoms with Crippen LogP contribution in [-0.4, -0.2) is 14.4 Å². The van der Waals surface area contributed by atoms with Crippen LogP contribution in [0, 0.1) is 5.82 Å². The van der Waals surface area contributed by atoms with Crippen LogP contribution in [0.4, 0.5) is 4.39 Å². The molecular weight excluding hydrogens is 297 g/mol. The summed E-state index contributed by atoms with van der Waals surface area (Å²) in [6.07, 6.45) is 3.80. The van der Waals surface area contributed by atoms with Crippen molar-refractivity contribution < 1.29 is 9.13 Å². The van der Waals surface area contributed by atoms with Crippen molar-refractivity contribution in [1.82, 2.24) is 9.38 Å². The maximum absolute atomic E-state index is 13.7. The highest BCUT2D eigenvalue weighted by Gasteiger charge is 2.08. The summed E-state index contributed by atoms with van der Waals surface area (Å²) in [5.41, 5.74) is 6.41. The number of thiazole rings is 1. The molecule has 102 valence electrons. The lowest BCUT2D eigenvalue weighted by atomic mass is 10.2. The van der Waals surface area contributed by atoms with Crippen molar-refractivity contribution in [2.75, 3.05) is 0 Å². The zero-order valence-corrected chi connectivity index (χ0v) is 11.9. The Kier molecular flexibility index (Phi) is 3.37. The van der Waals surface area contributed by atoms with Gasteiger partial charge in [-0.25, -0.2) is 9.37 Å². The molecule has 2 N–H and O–H groups in total. The van der Waals surface area contributed by atoms with Crippen LogP contribution in [0.25, 0.3) is 4.96 Å². The Balaban J connectivity index is 1.73. The van der Waals surface area contributed by atoms with Gasteiger partial charge in [0.25, 0.3) is 0 Å². The highest BCUT2D eigenvalue weighted by Crippen LogP contribution is 2.18. The van der Waals surface area contributed by atoms with Gasteiger partial charge in [0.2, 0.25) is 0 Å². The van der Waals surface area contributed by atoms with Gasteiger partial charge in [-0.15, -0.1) is 11.3 Å². The van der Waals surface area contributed by atoms with Crippen LogP contribution in [0.2, 0.25) is 0 Å². The molecule has 0 bridgehead atoms. The second-order valence-electron chi connectivity index (χ2n) is 4.12. The lowest BCUT2D eigenvalue weighted by molar-refractivity contribution is 0.300. The van der Waals surface area contributed by atoms with E-state index in [1.807, 2.05) is 22.2 Å². The number of fused-ring (bicyclic) bond motifs is 1. The third-order valence-corrected chi connectivity index (χ3v) is 3.73. The summed E-state index contributed by atoms with van der Waals surface area (Å²) in [5.74, 6) is -0.0697. The molecule has 0 spiro atoms. The fourth-order valence-corrected chi connectivity index (χ4v) is 2.67. The Morgan fingerprint density at radius 3 is 3.05 bits per heavy atom. The van der Waals surface area contributed by atoms with E-state index in [9.17, 15) is 4.39 Å². The fourth-order valence-electron chi connectivity index (χ4n) is 1.79. The standard InChI is InChI=1S/C13H10FN3OS2/c14-11-5-9(1-2-10(11)12(15)19)18-7-8-6-17-3-4-20-13(17)16-8/h1-6H,7H2,(H2,15,19). The zero-order chi connectivity index (χ0) is 14.1. The normalized spacial score (nSPS) is 10.8. The lowest BCUT2D eigenvalue weighted by Gasteiger charge is -2.06. The van der Waals surface area contributed by atoms with E-state index in [1.54, 1.807) is 17.4 Å². The van der Waals surface area contributed by atoms with Crippen LogP contribution >= 0.6 is 23.6 Å². The highest BCUT2D eigenvalue weighted by molar-refractivity contribution is 7.80. The van der Waals surface area contributed by atoms with Gasteiger partial charge >= 0.3 is 0 Å². The molecule has 0 atom stereocenters. The van der Waals surface area contributed by atoms with Crippen molar-refractivity contribution >= 4 is 33.5 Å². The van der Waals surface area contributed by atoms with E-state index in [4.69, 9.17) is 22.7 Å². The fraction of sp³-hybridized carbons (Fsp3) is 0.0769. The summed E-state index contributed by atoms with van der Waals surface area (Å²) in [5, 5.41) is 1.96. The Hall–Kier alpha value is -1.99. The Bertz CT molecular complexity index is 752. The van der Waals surface area contributed by atoms with Gasteiger partial charge in [0, 0.05) is 29.4 Å². The summed E-state index contributed by atoms with van der Waals surface area (Å²) in [7, 11) is 0. The quantitative estimate of drug-likeness (QED) is 0.753. The minimum absolute atomic E-state index is 0.0309. The third kappa shape index (κ3) is 2.50. The summed E-state index contributed by atoms with van der Waals surface area (Å²) in [6, 6.07) is 4.42. The first-order valence-electron chi connectivity index (χ1n) is 5.77. The predicted octanol–water partition coefficient (Wildman–Crippen LogP) is 2.75. The van der Waals surface area contributed by atoms with Gasteiger partial charge in [-0.3, -0.25) is 4.40 Å². The maximum atomic E-state index is 13.7. The monoisotopic (exact) mass is 307 g/mol. The van der Waals surface area contributed by atoms with E-state index in [-0.39, 0.29) is 17.2 Å². The van der Waals surface area contributed by atoms with Crippen LogP contribution in [0.5, 0.6) is 5.75 Å². The number of aromatic nitrogens is 2. The van der Waals surface area contributed by atoms with E-state index in [1.165, 1.54) is 12.1 Å². The van der Waals surface area contributed by atoms with Gasteiger partial charge in [-0.2, -0.15) is 0 Å². The van der Waals surface area contributed by atoms with E-state index in [0.717, 1.165) is 10.7 Å². The number of hydrogen-bond donors (Lipinski definition) is 1. The second-order valence-corrected chi connectivity index (χ2v) is 5.43. The number of benzene rings is 1. The Morgan fingerprint density at radius 2 is 2.35 bits per heavy atom. The van der Waals surface area contributed by atoms with Crippen LogP contribution in [-0.2, 0) is 6.61 Å². The van der Waals surface area contributed by atoms with E-state index in [2.05, 4.69) is 4.98 Å². The largest absolute Gasteiger partial charge is 0.487 e. The van der Waals surface area contributed by atoms with E-state index >= 15 is 0 Å². The summed E-state index contributed by atoms with van der Waals surface area (Å²) < 4.78 is 21.1. The molecule has 0 aliphatic rings. The SMILES string of the molecule is NC(=S)c1ccc(OCc2cn3ccsc3n2)cc1F. The van der Waals surface area contributed by atoms with Crippen LogP contribution in [0.3, 0.4) is 0 Å². The van der Waals surface area contributed by atoms with Crippen molar-refractivity contribution in [3.05, 3.63) is 53.0 Å². The van der Waals surface area contributed by atoms with Crippen LogP contribution in [0.15, 0.2) is 36.0 Å². The van der Waals surface area contributed by atoms with E-state index < -0.39 is 5.82 Å². The van der Waals surface area contributed by atoms with Crippen LogP contribution in [0.1, 0.15) is 11.3 Å². The Morgan fingerprint density at radius 1 is 1.50 bits per heavy atom. The molecule has 0 amide bonds. The predicted molar refractivity (Wildman–Crippen MR) is 79.7 cm³/mol. The van der Waals surface area contributed by atoms with E-state index in [0.29, 0.717) is 5.75 Å². The van der Waals surface area contributed by atoms with Gasteiger partial charge in [0.1, 0.15) is 23.2 Å². The Labute approximate surface area is 123 Å². The summed E-state index contributed by atoms with van der Waals surface area (Å²) in [6.45, 7) is 0.278. The summed E-state index contributed by atoms with van der Waals surface area (Å²) >= 11 is 6.29. The molecule has 3 aromatic rings. The lowest BCUT2D eigenvalue weighted by Crippen LogP contribution is -2.11. The summed E-state index contributed by atoms with van der Waals surface area (Å²) in [4.78, 5) is 5.31. The number of nitrogens with two attached hydrogens (primary N) is 1. The van der Waals surface area contributed by atoms with Crippen molar-refractivity contribution in [3.63, 3.8) is 0 Å². The van der Waals surface area contributed by atoms with Crippen molar-refractivity contribution in [1.29, 1.82) is 0 Å². The molecule has 0 aliphatic heterocycles. The molecule has 0 saturated heterocycles. The number of ether oxygens (including phenoxy) is 1. The molecule has 0 fully saturated rings. The second kappa shape index (κ2) is 5.18. The number of halogens is 1. The first kappa shape index (κ1) is 13.0. The molecule has 2 heterocycles. The average Bonchev–Trinajstić information content (AvgIpc) is 2.96. The van der Waals surface area contributed by atoms with Gasteiger partial charge < -0.3 is 10.5 Å². The van der Waals surface area contributed by atoms with Crippen molar-refractivity contribution in [2.45, 2.75) is 6.61 Å². The molecule has 0 aliphatic carbocycles. The number of hydrogen-bond acceptors (Lipinski definition) is 4. The molecule has 0 radical (unpaired) electrons. The average molecular weight is 307 g/mol. The third-order valence-electron chi connectivity index (χ3n) is 2.74. The van der Waals surface area contributed by atoms with Gasteiger partial charge in [0.05, 0.1) is 5.69 Å². The molecule has 4 nitrogen and oxygen atoms in total. The smallest absolute Gasteiger partial charge is 0.193 e. The first-order chi connectivity index (χ1) is 9.63. The van der Waals surface area contributed by atoms with Crippen molar-refractivity contribution in [3.8, 4) is 5.75 Å². The van der Waals surface area contributed by atoms with Crippen LogP contribution < -0.4 is 10.5 Å². The molecule has 2 aromatic heterocycles. The molecule has 0 unspecified atom stereocenters. The topological polar surface area (TPSA) is 52.5 Å². The minimum atomic E-state index is -0.485. The number of nitrogens with zero attached hydrogens (tertiary/aromatic N) is 2. The minimum Gasteiger partial charge on any atom is -0.487 e. The number of thiocarbonyl (C=S) groups is 1.